The lowest BCUT2D eigenvalue weighted by molar-refractivity contribution is -0.137. The average Bonchev–Trinajstić information content (AvgIpc) is 2.29. The van der Waals surface area contributed by atoms with Crippen molar-refractivity contribution in [3.8, 4) is 0 Å². The lowest BCUT2D eigenvalue weighted by atomic mass is 10.2. The molecule has 1 aliphatic heterocycles. The average molecular weight is 304 g/mol. The molecule has 0 aliphatic carbocycles. The van der Waals surface area contributed by atoms with Crippen molar-refractivity contribution in [1.29, 1.82) is 0 Å². The minimum Gasteiger partial charge on any atom is -0.367 e. The van der Waals surface area contributed by atoms with E-state index in [9.17, 15) is 13.2 Å². The van der Waals surface area contributed by atoms with E-state index in [0.29, 0.717) is 26.2 Å². The predicted octanol–water partition coefficient (Wildman–Crippen LogP) is 2.35. The van der Waals surface area contributed by atoms with Gasteiger partial charge in [-0.3, -0.25) is 4.98 Å². The van der Waals surface area contributed by atoms with Gasteiger partial charge < -0.3 is 10.2 Å². The van der Waals surface area contributed by atoms with E-state index in [2.05, 4.69) is 10.3 Å². The van der Waals surface area contributed by atoms with E-state index in [-0.39, 0.29) is 30.5 Å². The fraction of sp³-hybridized carbons (Fsp3) is 0.500. The van der Waals surface area contributed by atoms with Crippen molar-refractivity contribution < 1.29 is 13.2 Å². The quantitative estimate of drug-likeness (QED) is 0.863. The van der Waals surface area contributed by atoms with Crippen molar-refractivity contribution in [1.82, 2.24) is 10.3 Å². The molecule has 18 heavy (non-hydrogen) atoms. The van der Waals surface area contributed by atoms with Crippen molar-refractivity contribution in [2.24, 2.45) is 0 Å². The summed E-state index contributed by atoms with van der Waals surface area (Å²) in [7, 11) is 0. The van der Waals surface area contributed by atoms with E-state index >= 15 is 0 Å². The summed E-state index contributed by atoms with van der Waals surface area (Å²) in [5.74, 6) is 0. The number of piperazine rings is 1. The Morgan fingerprint density at radius 3 is 2.33 bits per heavy atom. The van der Waals surface area contributed by atoms with Gasteiger partial charge in [-0.25, -0.2) is 0 Å². The van der Waals surface area contributed by atoms with Crippen LogP contribution in [0.5, 0.6) is 0 Å². The van der Waals surface area contributed by atoms with Crippen LogP contribution in [0.25, 0.3) is 0 Å². The van der Waals surface area contributed by atoms with Crippen molar-refractivity contribution in [2.45, 2.75) is 6.18 Å². The Balaban J connectivity index is 0.00000144. The van der Waals surface area contributed by atoms with Crippen LogP contribution in [0.2, 0.25) is 0 Å². The van der Waals surface area contributed by atoms with Gasteiger partial charge in [-0.2, -0.15) is 13.2 Å². The third-order valence-corrected chi connectivity index (χ3v) is 2.56. The fourth-order valence-electron chi connectivity index (χ4n) is 1.78. The highest BCUT2D eigenvalue weighted by Crippen LogP contribution is 2.35. The summed E-state index contributed by atoms with van der Waals surface area (Å²) in [5.41, 5.74) is -0.430. The van der Waals surface area contributed by atoms with E-state index in [4.69, 9.17) is 0 Å². The van der Waals surface area contributed by atoms with E-state index in [1.807, 2.05) is 0 Å². The number of halogens is 5. The van der Waals surface area contributed by atoms with Crippen LogP contribution in [-0.4, -0.2) is 31.2 Å². The monoisotopic (exact) mass is 303 g/mol. The largest absolute Gasteiger partial charge is 0.418 e. The summed E-state index contributed by atoms with van der Waals surface area (Å²) in [5, 5.41) is 3.10. The Morgan fingerprint density at radius 2 is 1.78 bits per heavy atom. The highest BCUT2D eigenvalue weighted by atomic mass is 35.5. The predicted molar refractivity (Wildman–Crippen MR) is 68.8 cm³/mol. The normalized spacial score (nSPS) is 15.6. The second kappa shape index (κ2) is 7.01. The molecule has 2 heterocycles. The molecule has 1 N–H and O–H groups in total. The standard InChI is InChI=1S/C10H12F3N3.2ClH/c11-10(12,13)8-1-2-15-7-9(8)16-5-3-14-4-6-16;;/h1-2,7,14H,3-6H2;2*1H. The summed E-state index contributed by atoms with van der Waals surface area (Å²) >= 11 is 0. The smallest absolute Gasteiger partial charge is 0.367 e. The molecule has 1 aromatic heterocycles. The molecule has 0 bridgehead atoms. The Kier molecular flexibility index (Phi) is 6.73. The fourth-order valence-corrected chi connectivity index (χ4v) is 1.78. The van der Waals surface area contributed by atoms with Crippen molar-refractivity contribution in [2.75, 3.05) is 31.1 Å². The molecule has 0 radical (unpaired) electrons. The SMILES string of the molecule is Cl.Cl.FC(F)(F)c1ccncc1N1CCNCC1. The summed E-state index contributed by atoms with van der Waals surface area (Å²) in [6.07, 6.45) is -1.86. The highest BCUT2D eigenvalue weighted by molar-refractivity contribution is 5.85. The Morgan fingerprint density at radius 1 is 1.17 bits per heavy atom. The molecule has 8 heteroatoms. The molecule has 104 valence electrons. The zero-order chi connectivity index (χ0) is 11.6. The van der Waals surface area contributed by atoms with E-state index < -0.39 is 11.7 Å². The molecular formula is C10H14Cl2F3N3. The number of nitrogens with one attached hydrogen (secondary N) is 1. The van der Waals surface area contributed by atoms with Crippen LogP contribution in [0.15, 0.2) is 18.5 Å². The zero-order valence-corrected chi connectivity index (χ0v) is 11.0. The van der Waals surface area contributed by atoms with Crippen LogP contribution in [0.4, 0.5) is 18.9 Å². The molecular weight excluding hydrogens is 290 g/mol. The molecule has 2 rings (SSSR count). The van der Waals surface area contributed by atoms with Gasteiger partial charge in [0.1, 0.15) is 0 Å². The minimum absolute atomic E-state index is 0. The maximum atomic E-state index is 12.7. The molecule has 0 amide bonds. The van der Waals surface area contributed by atoms with Crippen LogP contribution in [0.3, 0.4) is 0 Å². The lowest BCUT2D eigenvalue weighted by Crippen LogP contribution is -2.44. The molecule has 0 unspecified atom stereocenters. The van der Waals surface area contributed by atoms with Gasteiger partial charge in [0, 0.05) is 32.4 Å². The molecule has 0 atom stereocenters. The number of aromatic nitrogens is 1. The summed E-state index contributed by atoms with van der Waals surface area (Å²) < 4.78 is 38.2. The molecule has 0 spiro atoms. The number of pyridine rings is 1. The third kappa shape index (κ3) is 3.90. The Bertz CT molecular complexity index is 368. The third-order valence-electron chi connectivity index (χ3n) is 2.56. The first kappa shape index (κ1) is 17.3. The summed E-state index contributed by atoms with van der Waals surface area (Å²) in [6, 6.07) is 1.03. The number of anilines is 1. The first-order chi connectivity index (χ1) is 7.59. The van der Waals surface area contributed by atoms with Gasteiger partial charge in [0.25, 0.3) is 0 Å². The van der Waals surface area contributed by atoms with Gasteiger partial charge in [0.15, 0.2) is 0 Å². The van der Waals surface area contributed by atoms with Crippen LogP contribution < -0.4 is 10.2 Å². The van der Waals surface area contributed by atoms with Crippen molar-refractivity contribution in [3.05, 3.63) is 24.0 Å². The molecule has 1 aromatic rings. The maximum Gasteiger partial charge on any atom is 0.418 e. The maximum absolute atomic E-state index is 12.7. The van der Waals surface area contributed by atoms with Gasteiger partial charge in [-0.15, -0.1) is 24.8 Å². The minimum atomic E-state index is -4.32. The van der Waals surface area contributed by atoms with Gasteiger partial charge >= 0.3 is 6.18 Å². The van der Waals surface area contributed by atoms with Gasteiger partial charge in [-0.1, -0.05) is 0 Å². The molecule has 1 aliphatic rings. The molecule has 0 saturated carbocycles. The van der Waals surface area contributed by atoms with Gasteiger partial charge in [0.2, 0.25) is 0 Å². The number of hydrogen-bond acceptors (Lipinski definition) is 3. The van der Waals surface area contributed by atoms with Crippen molar-refractivity contribution in [3.63, 3.8) is 0 Å². The van der Waals surface area contributed by atoms with E-state index in [1.165, 1.54) is 12.4 Å². The number of nitrogens with zero attached hydrogens (tertiary/aromatic N) is 2. The lowest BCUT2D eigenvalue weighted by Gasteiger charge is -2.31. The second-order valence-electron chi connectivity index (χ2n) is 3.63. The summed E-state index contributed by atoms with van der Waals surface area (Å²) in [6.45, 7) is 2.56. The second-order valence-corrected chi connectivity index (χ2v) is 3.63. The molecule has 1 saturated heterocycles. The first-order valence-electron chi connectivity index (χ1n) is 5.06. The topological polar surface area (TPSA) is 28.2 Å². The summed E-state index contributed by atoms with van der Waals surface area (Å²) in [4.78, 5) is 5.49. The van der Waals surface area contributed by atoms with Crippen LogP contribution in [0.1, 0.15) is 5.56 Å². The Labute approximate surface area is 116 Å². The van der Waals surface area contributed by atoms with Gasteiger partial charge in [0.05, 0.1) is 17.4 Å². The van der Waals surface area contributed by atoms with Crippen LogP contribution >= 0.6 is 24.8 Å². The van der Waals surface area contributed by atoms with Crippen LogP contribution in [0, 0.1) is 0 Å². The number of rotatable bonds is 1. The molecule has 0 aromatic carbocycles. The molecule has 3 nitrogen and oxygen atoms in total. The van der Waals surface area contributed by atoms with Crippen molar-refractivity contribution >= 4 is 30.5 Å². The Hall–Kier alpha value is -0.720. The van der Waals surface area contributed by atoms with Gasteiger partial charge in [-0.05, 0) is 6.07 Å². The number of alkyl halides is 3. The molecule has 1 fully saturated rings. The number of hydrogen-bond donors (Lipinski definition) is 1. The first-order valence-corrected chi connectivity index (χ1v) is 5.06. The van der Waals surface area contributed by atoms with E-state index in [0.717, 1.165) is 6.07 Å². The highest BCUT2D eigenvalue weighted by Gasteiger charge is 2.35. The zero-order valence-electron chi connectivity index (χ0n) is 9.41. The van der Waals surface area contributed by atoms with Crippen LogP contribution in [-0.2, 0) is 6.18 Å². The van der Waals surface area contributed by atoms with E-state index in [1.54, 1.807) is 4.90 Å².